The van der Waals surface area contributed by atoms with E-state index in [1.54, 1.807) is 7.11 Å². The van der Waals surface area contributed by atoms with Gasteiger partial charge in [-0.2, -0.15) is 0 Å². The van der Waals surface area contributed by atoms with Gasteiger partial charge < -0.3 is 15.6 Å². The molecule has 0 radical (unpaired) electrons. The molecule has 1 aromatic carbocycles. The summed E-state index contributed by atoms with van der Waals surface area (Å²) in [6.07, 6.45) is 0.300. The van der Waals surface area contributed by atoms with Crippen LogP contribution in [0.2, 0.25) is 0 Å². The maximum Gasteiger partial charge on any atom is 0.119 e. The summed E-state index contributed by atoms with van der Waals surface area (Å²) in [5, 5.41) is 10.3. The minimum Gasteiger partial charge on any atom is -0.497 e. The van der Waals surface area contributed by atoms with Crippen molar-refractivity contribution in [1.82, 2.24) is 0 Å². The molecule has 0 aliphatic carbocycles. The van der Waals surface area contributed by atoms with E-state index in [1.165, 1.54) is 0 Å². The summed E-state index contributed by atoms with van der Waals surface area (Å²) < 4.78 is 5.21. The van der Waals surface area contributed by atoms with E-state index < -0.39 is 6.10 Å². The van der Waals surface area contributed by atoms with Crippen LogP contribution < -0.4 is 10.5 Å². The van der Waals surface area contributed by atoms with Crippen LogP contribution >= 0.6 is 0 Å². The van der Waals surface area contributed by atoms with Gasteiger partial charge in [-0.25, -0.2) is 0 Å². The zero-order valence-corrected chi connectivity index (χ0v) is 11.8. The average molecular weight is 251 g/mol. The first-order chi connectivity index (χ1) is 8.37. The summed E-state index contributed by atoms with van der Waals surface area (Å²) in [7, 11) is 1.64. The van der Waals surface area contributed by atoms with Crippen molar-refractivity contribution in [2.24, 2.45) is 11.1 Å². The fourth-order valence-electron chi connectivity index (χ4n) is 2.16. The highest BCUT2D eigenvalue weighted by atomic mass is 16.5. The molecule has 3 nitrogen and oxygen atoms in total. The van der Waals surface area contributed by atoms with E-state index in [1.807, 2.05) is 24.3 Å². The summed E-state index contributed by atoms with van der Waals surface area (Å²) in [5.74, 6) is 0.758. The third kappa shape index (κ3) is 4.31. The lowest BCUT2D eigenvalue weighted by atomic mass is 9.82. The number of hydrogen-bond acceptors (Lipinski definition) is 3. The van der Waals surface area contributed by atoms with E-state index in [9.17, 15) is 5.11 Å². The van der Waals surface area contributed by atoms with E-state index >= 15 is 0 Å². The summed E-state index contributed by atoms with van der Waals surface area (Å²) in [4.78, 5) is 0. The van der Waals surface area contributed by atoms with E-state index in [0.29, 0.717) is 6.54 Å². The third-order valence-corrected chi connectivity index (χ3v) is 3.06. The van der Waals surface area contributed by atoms with Gasteiger partial charge in [-0.15, -0.1) is 0 Å². The lowest BCUT2D eigenvalue weighted by molar-refractivity contribution is 0.0971. The summed E-state index contributed by atoms with van der Waals surface area (Å²) in [6, 6.07) is 7.77. The van der Waals surface area contributed by atoms with Gasteiger partial charge in [0, 0.05) is 12.5 Å². The van der Waals surface area contributed by atoms with Crippen LogP contribution in [0.4, 0.5) is 0 Å². The lowest BCUT2D eigenvalue weighted by Gasteiger charge is -2.28. The molecule has 1 rings (SSSR count). The Morgan fingerprint density at radius 3 is 2.50 bits per heavy atom. The minimum absolute atomic E-state index is 0.0423. The summed E-state index contributed by atoms with van der Waals surface area (Å²) in [5.41, 5.74) is 6.94. The largest absolute Gasteiger partial charge is 0.497 e. The van der Waals surface area contributed by atoms with Crippen molar-refractivity contribution in [3.63, 3.8) is 0 Å². The maximum atomic E-state index is 10.3. The molecule has 1 aromatic rings. The van der Waals surface area contributed by atoms with Gasteiger partial charge in [-0.05, 0) is 29.5 Å². The van der Waals surface area contributed by atoms with Crippen molar-refractivity contribution < 1.29 is 9.84 Å². The topological polar surface area (TPSA) is 55.5 Å². The SMILES string of the molecule is COc1cccc(C(CN)C(O)CC(C)(C)C)c1. The van der Waals surface area contributed by atoms with Gasteiger partial charge in [0.25, 0.3) is 0 Å². The summed E-state index contributed by atoms with van der Waals surface area (Å²) in [6.45, 7) is 6.80. The van der Waals surface area contributed by atoms with Crippen LogP contribution in [0.3, 0.4) is 0 Å². The van der Waals surface area contributed by atoms with Crippen LogP contribution in [0.15, 0.2) is 24.3 Å². The molecule has 18 heavy (non-hydrogen) atoms. The van der Waals surface area contributed by atoms with Crippen LogP contribution in [0, 0.1) is 5.41 Å². The average Bonchev–Trinajstić information content (AvgIpc) is 2.28. The van der Waals surface area contributed by atoms with Crippen molar-refractivity contribution in [3.05, 3.63) is 29.8 Å². The zero-order chi connectivity index (χ0) is 13.8. The highest BCUT2D eigenvalue weighted by molar-refractivity contribution is 5.31. The highest BCUT2D eigenvalue weighted by Crippen LogP contribution is 2.30. The first kappa shape index (κ1) is 15.0. The van der Waals surface area contributed by atoms with Gasteiger partial charge in [-0.1, -0.05) is 32.9 Å². The second-order valence-corrected chi connectivity index (χ2v) is 5.95. The summed E-state index contributed by atoms with van der Waals surface area (Å²) >= 11 is 0. The molecule has 2 unspecified atom stereocenters. The molecule has 0 amide bonds. The molecule has 102 valence electrons. The van der Waals surface area contributed by atoms with Gasteiger partial charge in [-0.3, -0.25) is 0 Å². The molecular formula is C15H25NO2. The Balaban J connectivity index is 2.87. The predicted octanol–water partition coefficient (Wildman–Crippen LogP) is 2.53. The minimum atomic E-state index is -0.429. The number of rotatable bonds is 5. The molecule has 0 fully saturated rings. The van der Waals surface area contributed by atoms with Gasteiger partial charge in [0.15, 0.2) is 0 Å². The standard InChI is InChI=1S/C15H25NO2/c1-15(2,3)9-14(17)13(10-16)11-6-5-7-12(8-11)18-4/h5-8,13-14,17H,9-10,16H2,1-4H3. The lowest BCUT2D eigenvalue weighted by Crippen LogP contribution is -2.29. The van der Waals surface area contributed by atoms with Crippen molar-refractivity contribution in [2.45, 2.75) is 39.2 Å². The molecule has 3 N–H and O–H groups in total. The first-order valence-corrected chi connectivity index (χ1v) is 6.39. The van der Waals surface area contributed by atoms with Crippen molar-refractivity contribution in [3.8, 4) is 5.75 Å². The smallest absolute Gasteiger partial charge is 0.119 e. The van der Waals surface area contributed by atoms with Crippen LogP contribution in [-0.2, 0) is 0 Å². The molecule has 2 atom stereocenters. The van der Waals surface area contributed by atoms with E-state index in [2.05, 4.69) is 20.8 Å². The van der Waals surface area contributed by atoms with Crippen LogP contribution in [0.25, 0.3) is 0 Å². The Morgan fingerprint density at radius 2 is 2.00 bits per heavy atom. The maximum absolute atomic E-state index is 10.3. The molecule has 0 bridgehead atoms. The van der Waals surface area contributed by atoms with Gasteiger partial charge in [0.1, 0.15) is 5.75 Å². The molecular weight excluding hydrogens is 226 g/mol. The van der Waals surface area contributed by atoms with E-state index in [0.717, 1.165) is 17.7 Å². The van der Waals surface area contributed by atoms with Crippen LogP contribution in [0.5, 0.6) is 5.75 Å². The Morgan fingerprint density at radius 1 is 1.33 bits per heavy atom. The molecule has 3 heteroatoms. The van der Waals surface area contributed by atoms with Gasteiger partial charge >= 0.3 is 0 Å². The molecule has 0 aliphatic rings. The van der Waals surface area contributed by atoms with E-state index in [4.69, 9.17) is 10.5 Å². The monoisotopic (exact) mass is 251 g/mol. The van der Waals surface area contributed by atoms with Crippen molar-refractivity contribution in [2.75, 3.05) is 13.7 Å². The van der Waals surface area contributed by atoms with Gasteiger partial charge in [0.05, 0.1) is 13.2 Å². The molecule has 0 saturated carbocycles. The molecule has 0 spiro atoms. The number of hydrogen-bond donors (Lipinski definition) is 2. The second-order valence-electron chi connectivity index (χ2n) is 5.95. The second kappa shape index (κ2) is 6.21. The number of nitrogens with two attached hydrogens (primary N) is 1. The Bertz CT molecular complexity index is 371. The number of ether oxygens (including phenoxy) is 1. The Hall–Kier alpha value is -1.06. The Labute approximate surface area is 110 Å². The normalized spacial score (nSPS) is 15.2. The van der Waals surface area contributed by atoms with Crippen molar-refractivity contribution >= 4 is 0 Å². The van der Waals surface area contributed by atoms with Gasteiger partial charge in [0.2, 0.25) is 0 Å². The third-order valence-electron chi connectivity index (χ3n) is 3.06. The highest BCUT2D eigenvalue weighted by Gasteiger charge is 2.25. The van der Waals surface area contributed by atoms with E-state index in [-0.39, 0.29) is 11.3 Å². The number of aliphatic hydroxyl groups is 1. The first-order valence-electron chi connectivity index (χ1n) is 6.39. The predicted molar refractivity (Wildman–Crippen MR) is 74.9 cm³/mol. The molecule has 0 heterocycles. The number of methoxy groups -OCH3 is 1. The Kier molecular flexibility index (Phi) is 5.17. The quantitative estimate of drug-likeness (QED) is 0.845. The zero-order valence-electron chi connectivity index (χ0n) is 11.8. The fraction of sp³-hybridized carbons (Fsp3) is 0.600. The van der Waals surface area contributed by atoms with Crippen LogP contribution in [-0.4, -0.2) is 24.9 Å². The van der Waals surface area contributed by atoms with Crippen molar-refractivity contribution in [1.29, 1.82) is 0 Å². The molecule has 0 saturated heterocycles. The van der Waals surface area contributed by atoms with Crippen LogP contribution in [0.1, 0.15) is 38.7 Å². The fourth-order valence-corrected chi connectivity index (χ4v) is 2.16. The molecule has 0 aliphatic heterocycles. The number of benzene rings is 1. The number of aliphatic hydroxyl groups excluding tert-OH is 1. The molecule has 0 aromatic heterocycles.